The van der Waals surface area contributed by atoms with Crippen LogP contribution in [-0.2, 0) is 12.6 Å². The van der Waals surface area contributed by atoms with Gasteiger partial charge in [0, 0.05) is 23.5 Å². The highest BCUT2D eigenvalue weighted by Gasteiger charge is 2.32. The zero-order valence-corrected chi connectivity index (χ0v) is 18.4. The molecule has 0 amide bonds. The van der Waals surface area contributed by atoms with E-state index in [-0.39, 0.29) is 12.0 Å². The van der Waals surface area contributed by atoms with Crippen molar-refractivity contribution >= 4 is 11.3 Å². The van der Waals surface area contributed by atoms with Gasteiger partial charge in [0.15, 0.2) is 0 Å². The van der Waals surface area contributed by atoms with Gasteiger partial charge in [-0.2, -0.15) is 13.2 Å². The Morgan fingerprint density at radius 1 is 1.06 bits per heavy atom. The second-order valence-corrected chi connectivity index (χ2v) is 6.90. The van der Waals surface area contributed by atoms with Crippen LogP contribution in [0.5, 0.6) is 0 Å². The van der Waals surface area contributed by atoms with Crippen molar-refractivity contribution < 1.29 is 17.6 Å². The number of hydrogen-bond donors (Lipinski definition) is 3. The van der Waals surface area contributed by atoms with Crippen LogP contribution in [0.15, 0.2) is 59.8 Å². The summed E-state index contributed by atoms with van der Waals surface area (Å²) in [4.78, 5) is 0. The fraction of sp³-hybridized carbons (Fsp3) is 0.333. The molecule has 0 aromatic heterocycles. The van der Waals surface area contributed by atoms with Gasteiger partial charge in [-0.25, -0.2) is 4.39 Å². The van der Waals surface area contributed by atoms with Gasteiger partial charge in [0.05, 0.1) is 5.56 Å². The van der Waals surface area contributed by atoms with E-state index in [0.717, 1.165) is 12.5 Å². The van der Waals surface area contributed by atoms with E-state index in [1.54, 1.807) is 32.1 Å². The van der Waals surface area contributed by atoms with E-state index >= 15 is 0 Å². The molecule has 0 spiro atoms. The standard InChI is InChI=1S/C23H26F4N2.CH5N/c1-4-13-29-22-12-10-18(24)14-20(22)19(15(2)16(3)28)11-9-17-7-5-6-8-21(17)23(25,26)27;1-2/h5-8,10-12,14,29H,4,9,13,28H2,1-3H3;2H2,1H3/b16-15-,19-11+;. The van der Waals surface area contributed by atoms with Crippen molar-refractivity contribution in [3.05, 3.63) is 82.3 Å². The van der Waals surface area contributed by atoms with E-state index in [0.29, 0.717) is 34.6 Å². The Labute approximate surface area is 181 Å². The predicted octanol–water partition coefficient (Wildman–Crippen LogP) is 6.12. The van der Waals surface area contributed by atoms with Crippen molar-refractivity contribution in [1.29, 1.82) is 0 Å². The smallest absolute Gasteiger partial charge is 0.402 e. The molecule has 0 heterocycles. The topological polar surface area (TPSA) is 64.1 Å². The number of allylic oxidation sites excluding steroid dienone is 4. The molecule has 0 saturated carbocycles. The van der Waals surface area contributed by atoms with Gasteiger partial charge in [-0.3, -0.25) is 0 Å². The number of halogens is 4. The van der Waals surface area contributed by atoms with Gasteiger partial charge in [0.25, 0.3) is 0 Å². The first-order valence-electron chi connectivity index (χ1n) is 10.0. The Hall–Kier alpha value is -2.80. The van der Waals surface area contributed by atoms with Crippen molar-refractivity contribution in [3.8, 4) is 0 Å². The number of nitrogens with one attached hydrogen (secondary N) is 1. The molecule has 0 bridgehead atoms. The molecule has 5 N–H and O–H groups in total. The predicted molar refractivity (Wildman–Crippen MR) is 121 cm³/mol. The van der Waals surface area contributed by atoms with Gasteiger partial charge in [0.1, 0.15) is 5.82 Å². The van der Waals surface area contributed by atoms with Crippen molar-refractivity contribution in [2.75, 3.05) is 18.9 Å². The van der Waals surface area contributed by atoms with Crippen molar-refractivity contribution in [1.82, 2.24) is 0 Å². The van der Waals surface area contributed by atoms with E-state index in [2.05, 4.69) is 11.1 Å². The zero-order valence-electron chi connectivity index (χ0n) is 18.4. The van der Waals surface area contributed by atoms with Crippen LogP contribution in [0.2, 0.25) is 0 Å². The molecular weight excluding hydrogens is 406 g/mol. The van der Waals surface area contributed by atoms with Crippen LogP contribution < -0.4 is 16.8 Å². The zero-order chi connectivity index (χ0) is 23.6. The van der Waals surface area contributed by atoms with E-state index in [1.807, 2.05) is 6.92 Å². The van der Waals surface area contributed by atoms with Crippen molar-refractivity contribution in [2.24, 2.45) is 11.5 Å². The summed E-state index contributed by atoms with van der Waals surface area (Å²) >= 11 is 0. The highest BCUT2D eigenvalue weighted by Crippen LogP contribution is 2.34. The molecule has 0 radical (unpaired) electrons. The SMILES string of the molecule is CCCNc1ccc(F)cc1C(=C/Cc1ccccc1C(F)(F)F)/C(C)=C(/C)N.CN. The van der Waals surface area contributed by atoms with Crippen molar-refractivity contribution in [3.63, 3.8) is 0 Å². The summed E-state index contributed by atoms with van der Waals surface area (Å²) in [6.45, 7) is 6.19. The van der Waals surface area contributed by atoms with Crippen LogP contribution in [-0.4, -0.2) is 13.6 Å². The Kier molecular flexibility index (Phi) is 10.3. The molecule has 2 aromatic carbocycles. The van der Waals surface area contributed by atoms with Crippen LogP contribution in [0.3, 0.4) is 0 Å². The first-order valence-corrected chi connectivity index (χ1v) is 10.0. The average molecular weight is 438 g/mol. The Morgan fingerprint density at radius 3 is 2.29 bits per heavy atom. The molecular formula is C24H31F4N3. The van der Waals surface area contributed by atoms with E-state index in [1.165, 1.54) is 31.3 Å². The summed E-state index contributed by atoms with van der Waals surface area (Å²) in [7, 11) is 1.50. The summed E-state index contributed by atoms with van der Waals surface area (Å²) in [5, 5.41) is 3.25. The molecule has 2 aromatic rings. The number of hydrogen-bond acceptors (Lipinski definition) is 3. The van der Waals surface area contributed by atoms with E-state index in [4.69, 9.17) is 5.73 Å². The lowest BCUT2D eigenvalue weighted by molar-refractivity contribution is -0.138. The number of benzene rings is 2. The lowest BCUT2D eigenvalue weighted by Gasteiger charge is -2.17. The van der Waals surface area contributed by atoms with Crippen LogP contribution >= 0.6 is 0 Å². The largest absolute Gasteiger partial charge is 0.416 e. The third-order valence-corrected chi connectivity index (χ3v) is 4.68. The van der Waals surface area contributed by atoms with Gasteiger partial charge in [0.2, 0.25) is 0 Å². The molecule has 0 fully saturated rings. The molecule has 0 aliphatic carbocycles. The number of rotatable bonds is 7. The fourth-order valence-corrected chi connectivity index (χ4v) is 3.02. The van der Waals surface area contributed by atoms with E-state index in [9.17, 15) is 17.6 Å². The first kappa shape index (κ1) is 26.2. The van der Waals surface area contributed by atoms with Crippen LogP contribution in [0.4, 0.5) is 23.2 Å². The second kappa shape index (κ2) is 12.2. The first-order chi connectivity index (χ1) is 14.6. The maximum Gasteiger partial charge on any atom is 0.416 e. The normalized spacial score (nSPS) is 12.6. The lowest BCUT2D eigenvalue weighted by Crippen LogP contribution is -2.09. The maximum atomic E-state index is 14.0. The van der Waals surface area contributed by atoms with Gasteiger partial charge < -0.3 is 16.8 Å². The molecule has 0 aliphatic heterocycles. The minimum absolute atomic E-state index is 0.0410. The Morgan fingerprint density at radius 2 is 1.71 bits per heavy atom. The van der Waals surface area contributed by atoms with Crippen molar-refractivity contribution in [2.45, 2.75) is 39.8 Å². The highest BCUT2D eigenvalue weighted by atomic mass is 19.4. The number of anilines is 1. The highest BCUT2D eigenvalue weighted by molar-refractivity contribution is 5.86. The molecule has 0 unspecified atom stereocenters. The minimum atomic E-state index is -4.44. The molecule has 7 heteroatoms. The van der Waals surface area contributed by atoms with Gasteiger partial charge in [-0.05, 0) is 74.7 Å². The molecule has 0 aliphatic rings. The average Bonchev–Trinajstić information content (AvgIpc) is 2.74. The quantitative estimate of drug-likeness (QED) is 0.361. The van der Waals surface area contributed by atoms with Crippen LogP contribution in [0.25, 0.3) is 5.57 Å². The summed E-state index contributed by atoms with van der Waals surface area (Å²) < 4.78 is 54.0. The number of nitrogens with two attached hydrogens (primary N) is 2. The molecule has 2 rings (SSSR count). The van der Waals surface area contributed by atoms with Gasteiger partial charge in [-0.1, -0.05) is 31.2 Å². The summed E-state index contributed by atoms with van der Waals surface area (Å²) in [6.07, 6.45) is -1.84. The summed E-state index contributed by atoms with van der Waals surface area (Å²) in [6, 6.07) is 9.83. The molecule has 3 nitrogen and oxygen atoms in total. The van der Waals surface area contributed by atoms with Crippen LogP contribution in [0, 0.1) is 5.82 Å². The Bertz CT molecular complexity index is 911. The van der Waals surface area contributed by atoms with E-state index < -0.39 is 17.6 Å². The molecule has 31 heavy (non-hydrogen) atoms. The minimum Gasteiger partial charge on any atom is -0.402 e. The molecule has 0 atom stereocenters. The second-order valence-electron chi connectivity index (χ2n) is 6.90. The van der Waals surface area contributed by atoms with Gasteiger partial charge >= 0.3 is 6.18 Å². The fourth-order valence-electron chi connectivity index (χ4n) is 3.02. The summed E-state index contributed by atoms with van der Waals surface area (Å²) in [5.41, 5.74) is 13.1. The molecule has 0 saturated heterocycles. The lowest BCUT2D eigenvalue weighted by atomic mass is 9.93. The summed E-state index contributed by atoms with van der Waals surface area (Å²) in [5.74, 6) is -0.425. The number of alkyl halides is 3. The third-order valence-electron chi connectivity index (χ3n) is 4.68. The van der Waals surface area contributed by atoms with Crippen LogP contribution in [0.1, 0.15) is 43.9 Å². The third kappa shape index (κ3) is 7.43. The maximum absolute atomic E-state index is 14.0. The molecule has 170 valence electrons. The van der Waals surface area contributed by atoms with Gasteiger partial charge in [-0.15, -0.1) is 0 Å². The Balaban J connectivity index is 0.00000233. The monoisotopic (exact) mass is 437 g/mol.